The van der Waals surface area contributed by atoms with Crippen LogP contribution in [0.1, 0.15) is 5.56 Å². The van der Waals surface area contributed by atoms with E-state index in [4.69, 9.17) is 0 Å². The molecule has 0 aliphatic carbocycles. The minimum absolute atomic E-state index is 0.633. The van der Waals surface area contributed by atoms with Crippen LogP contribution in [-0.2, 0) is 22.5 Å². The van der Waals surface area contributed by atoms with E-state index < -0.39 is 11.7 Å². The maximum absolute atomic E-state index is 11.8. The molecule has 5 heteroatoms. The van der Waals surface area contributed by atoms with Gasteiger partial charge in [-0.25, -0.2) is 0 Å². The molecule has 0 radical (unpaired) electrons. The van der Waals surface area contributed by atoms with E-state index >= 15 is 0 Å². The van der Waals surface area contributed by atoms with Gasteiger partial charge in [0.15, 0.2) is 0 Å². The average molecular weight is 290 g/mol. The Kier molecular flexibility index (Phi) is 5.76. The Morgan fingerprint density at radius 3 is 1.83 bits per heavy atom. The van der Waals surface area contributed by atoms with Crippen LogP contribution in [0.2, 0.25) is 0 Å². The van der Waals surface area contributed by atoms with Crippen LogP contribution in [0.5, 0.6) is 0 Å². The molecule has 0 heterocycles. The van der Waals surface area contributed by atoms with E-state index in [9.17, 15) is 13.2 Å². The second-order valence-electron chi connectivity index (χ2n) is 1.79. The molecule has 0 N–H and O–H groups in total. The number of rotatable bonds is 0. The molecular formula is C7H4BrF3Zn. The third-order valence-corrected chi connectivity index (χ3v) is 1.05. The van der Waals surface area contributed by atoms with Crippen LogP contribution < -0.4 is 0 Å². The van der Waals surface area contributed by atoms with E-state index in [0.29, 0.717) is 0 Å². The first-order valence-corrected chi connectivity index (χ1v) is 9.85. The van der Waals surface area contributed by atoms with E-state index in [1.807, 2.05) is 0 Å². The van der Waals surface area contributed by atoms with E-state index in [-0.39, 0.29) is 0 Å². The Bertz CT molecular complexity index is 210. The Hall–Kier alpha value is 0.113. The topological polar surface area (TPSA) is 0 Å². The van der Waals surface area contributed by atoms with Gasteiger partial charge >= 0.3 is 36.1 Å². The number of halogens is 4. The molecule has 0 amide bonds. The summed E-state index contributed by atoms with van der Waals surface area (Å²) in [5.74, 6) is 0. The van der Waals surface area contributed by atoms with Crippen molar-refractivity contribution >= 4 is 13.6 Å². The molecule has 0 spiro atoms. The first-order valence-electron chi connectivity index (χ1n) is 2.91. The summed E-state index contributed by atoms with van der Waals surface area (Å²) in [7, 11) is 0. The van der Waals surface area contributed by atoms with Crippen molar-refractivity contribution in [2.75, 3.05) is 0 Å². The molecule has 0 saturated heterocycles. The van der Waals surface area contributed by atoms with Gasteiger partial charge in [0.2, 0.25) is 0 Å². The molecule has 12 heavy (non-hydrogen) atoms. The summed E-state index contributed by atoms with van der Waals surface area (Å²) in [5, 5.41) is 0. The summed E-state index contributed by atoms with van der Waals surface area (Å²) in [6, 6.07) is 6.95. The van der Waals surface area contributed by atoms with Gasteiger partial charge in [0, 0.05) is 0 Å². The number of hydrogen-bond acceptors (Lipinski definition) is 0. The van der Waals surface area contributed by atoms with Gasteiger partial charge in [0.25, 0.3) is 0 Å². The molecule has 0 aliphatic heterocycles. The van der Waals surface area contributed by atoms with Crippen molar-refractivity contribution in [2.24, 2.45) is 0 Å². The minimum atomic E-state index is -4.23. The van der Waals surface area contributed by atoms with E-state index in [1.165, 1.54) is 28.5 Å². The summed E-state index contributed by atoms with van der Waals surface area (Å²) in [6.45, 7) is 0. The summed E-state index contributed by atoms with van der Waals surface area (Å²) < 4.78 is 35.3. The molecule has 0 unspecified atom stereocenters. The van der Waals surface area contributed by atoms with Gasteiger partial charge in [-0.2, -0.15) is 43.5 Å². The number of alkyl halides is 3. The van der Waals surface area contributed by atoms with E-state index in [1.54, 1.807) is 0 Å². The first-order chi connectivity index (χ1) is 5.61. The summed E-state index contributed by atoms with van der Waals surface area (Å²) in [4.78, 5) is 0. The second-order valence-corrected chi connectivity index (χ2v) is 1.79. The summed E-state index contributed by atoms with van der Waals surface area (Å²) in [6.07, 6.45) is -4.23. The van der Waals surface area contributed by atoms with Crippen LogP contribution in [-0.4, -0.2) is 0 Å². The predicted octanol–water partition coefficient (Wildman–Crippen LogP) is 3.35. The van der Waals surface area contributed by atoms with Gasteiger partial charge in [-0.05, 0) is 0 Å². The molecule has 0 aliphatic rings. The third-order valence-electron chi connectivity index (χ3n) is 1.05. The maximum atomic E-state index is 11.8. The van der Waals surface area contributed by atoms with Crippen molar-refractivity contribution in [2.45, 2.75) is 6.18 Å². The Labute approximate surface area is 85.2 Å². The number of benzene rings is 1. The average Bonchev–Trinajstić information content (AvgIpc) is 2.08. The summed E-state index contributed by atoms with van der Waals surface area (Å²) >= 11 is 4.25. The fourth-order valence-corrected chi connectivity index (χ4v) is 0.576. The molecule has 0 atom stereocenters. The number of hydrogen-bond donors (Lipinski definition) is 0. The fraction of sp³-hybridized carbons (Fsp3) is 0.143. The van der Waals surface area contributed by atoms with Crippen molar-refractivity contribution < 1.29 is 29.5 Å². The van der Waals surface area contributed by atoms with Crippen molar-refractivity contribution in [3.8, 4) is 0 Å². The second kappa shape index (κ2) is 5.71. The van der Waals surface area contributed by atoms with E-state index in [2.05, 4.69) is 19.7 Å². The molecule has 1 aromatic carbocycles. The molecule has 0 aromatic heterocycles. The Morgan fingerprint density at radius 1 is 1.17 bits per heavy atom. The predicted molar refractivity (Wildman–Crippen MR) is 39.2 cm³/mol. The van der Waals surface area contributed by atoms with Crippen LogP contribution in [0.15, 0.2) is 24.3 Å². The van der Waals surface area contributed by atoms with Crippen LogP contribution in [0.25, 0.3) is 0 Å². The molecule has 0 nitrogen and oxygen atoms in total. The molecule has 0 bridgehead atoms. The van der Waals surface area contributed by atoms with E-state index in [0.717, 1.165) is 12.1 Å². The van der Waals surface area contributed by atoms with Gasteiger partial charge in [-0.3, -0.25) is 0 Å². The molecule has 0 fully saturated rings. The third kappa shape index (κ3) is 4.22. The normalized spacial score (nSPS) is 10.2. The molecular weight excluding hydrogens is 286 g/mol. The molecule has 0 saturated carbocycles. The van der Waals surface area contributed by atoms with Crippen LogP contribution >= 0.6 is 13.6 Å². The molecule has 1 rings (SSSR count). The Morgan fingerprint density at radius 2 is 1.58 bits per heavy atom. The van der Waals surface area contributed by atoms with Crippen LogP contribution in [0.4, 0.5) is 13.2 Å². The zero-order valence-corrected chi connectivity index (χ0v) is 10.6. The fourth-order valence-electron chi connectivity index (χ4n) is 0.576. The van der Waals surface area contributed by atoms with Crippen molar-refractivity contribution in [3.63, 3.8) is 0 Å². The summed E-state index contributed by atoms with van der Waals surface area (Å²) in [5.41, 5.74) is -0.633. The van der Waals surface area contributed by atoms with Gasteiger partial charge in [0.05, 0.1) is 0 Å². The van der Waals surface area contributed by atoms with Gasteiger partial charge in [0.1, 0.15) is 0 Å². The molecule has 62 valence electrons. The zero-order chi connectivity index (χ0) is 9.61. The van der Waals surface area contributed by atoms with Gasteiger partial charge < -0.3 is 0 Å². The monoisotopic (exact) mass is 288 g/mol. The van der Waals surface area contributed by atoms with Crippen molar-refractivity contribution in [3.05, 3.63) is 35.9 Å². The zero-order valence-electron chi connectivity index (χ0n) is 6.03. The first kappa shape index (κ1) is 12.1. The Balaban J connectivity index is 0.000000561. The van der Waals surface area contributed by atoms with Gasteiger partial charge in [-0.15, -0.1) is 0 Å². The van der Waals surface area contributed by atoms with Crippen LogP contribution in [0.3, 0.4) is 0 Å². The van der Waals surface area contributed by atoms with Crippen LogP contribution in [0, 0.1) is 6.07 Å². The van der Waals surface area contributed by atoms with Crippen molar-refractivity contribution in [1.29, 1.82) is 0 Å². The SMILES string of the molecule is FC(F)(F)c1cc[c-]cc1.[Zn+][Br]. The molecule has 1 aromatic rings. The quantitative estimate of drug-likeness (QED) is 0.508. The standard InChI is InChI=1S/C7H4F3.BrH.Zn/c8-7(9,10)6-4-2-1-3-5-6;;/h2-5H;1H;/q-1;;+2/p-1. The van der Waals surface area contributed by atoms with Gasteiger partial charge in [-0.1, -0.05) is 5.56 Å². The van der Waals surface area contributed by atoms with Crippen molar-refractivity contribution in [1.82, 2.24) is 0 Å².